The molecule has 0 saturated carbocycles. The number of rotatable bonds is 6. The maximum Gasteiger partial charge on any atom is 0.333 e. The fourth-order valence-corrected chi connectivity index (χ4v) is 1.82. The molecule has 2 unspecified atom stereocenters. The summed E-state index contributed by atoms with van der Waals surface area (Å²) < 4.78 is 10.4. The summed E-state index contributed by atoms with van der Waals surface area (Å²) in [5.41, 5.74) is 6.23. The second kappa shape index (κ2) is 7.98. The van der Waals surface area contributed by atoms with Gasteiger partial charge in [-0.25, -0.2) is 4.79 Å². The Hall–Kier alpha value is -1.44. The van der Waals surface area contributed by atoms with Crippen LogP contribution >= 0.6 is 15.9 Å². The lowest BCUT2D eigenvalue weighted by Gasteiger charge is -2.19. The molecule has 3 N–H and O–H groups in total. The Morgan fingerprint density at radius 1 is 1.30 bits per heavy atom. The molecule has 7 heteroatoms. The van der Waals surface area contributed by atoms with E-state index in [2.05, 4.69) is 21.2 Å². The number of nitrogens with two attached hydrogens (primary N) is 1. The van der Waals surface area contributed by atoms with Gasteiger partial charge in [0.15, 0.2) is 6.04 Å². The van der Waals surface area contributed by atoms with Crippen molar-refractivity contribution >= 4 is 27.8 Å². The van der Waals surface area contributed by atoms with E-state index in [0.29, 0.717) is 5.56 Å². The van der Waals surface area contributed by atoms with Gasteiger partial charge in [0.05, 0.1) is 13.7 Å². The molecule has 1 aromatic rings. The van der Waals surface area contributed by atoms with E-state index in [9.17, 15) is 9.59 Å². The summed E-state index contributed by atoms with van der Waals surface area (Å²) in [6, 6.07) is 5.23. The van der Waals surface area contributed by atoms with E-state index in [1.807, 2.05) is 0 Å². The van der Waals surface area contributed by atoms with Gasteiger partial charge in [0.1, 0.15) is 6.04 Å². The van der Waals surface area contributed by atoms with Crippen molar-refractivity contribution in [2.75, 3.05) is 20.8 Å². The third-order valence-electron chi connectivity index (χ3n) is 2.61. The molecule has 0 aliphatic rings. The summed E-state index contributed by atoms with van der Waals surface area (Å²) in [5.74, 6) is -1.05. The third kappa shape index (κ3) is 4.59. The maximum absolute atomic E-state index is 11.9. The molecule has 1 amide bonds. The van der Waals surface area contributed by atoms with Gasteiger partial charge in [-0.15, -0.1) is 0 Å². The van der Waals surface area contributed by atoms with E-state index in [1.165, 1.54) is 14.2 Å². The standard InChI is InChI=1S/C13H17BrN2O4/c1-19-7-10(15)12(17)16-11(13(18)20-2)8-3-5-9(14)6-4-8/h3-6,10-11H,7,15H2,1-2H3,(H,16,17). The largest absolute Gasteiger partial charge is 0.467 e. The number of nitrogens with one attached hydrogen (secondary N) is 1. The summed E-state index contributed by atoms with van der Waals surface area (Å²) in [6.07, 6.45) is 0. The smallest absolute Gasteiger partial charge is 0.333 e. The van der Waals surface area contributed by atoms with Crippen molar-refractivity contribution in [2.24, 2.45) is 5.73 Å². The zero-order valence-corrected chi connectivity index (χ0v) is 12.8. The summed E-state index contributed by atoms with van der Waals surface area (Å²) >= 11 is 3.30. The van der Waals surface area contributed by atoms with Crippen molar-refractivity contribution < 1.29 is 19.1 Å². The molecular weight excluding hydrogens is 328 g/mol. The molecule has 0 bridgehead atoms. The first-order valence-corrected chi connectivity index (χ1v) is 6.67. The molecule has 0 aromatic heterocycles. The number of benzene rings is 1. The molecule has 2 atom stereocenters. The Morgan fingerprint density at radius 3 is 2.40 bits per heavy atom. The zero-order valence-electron chi connectivity index (χ0n) is 11.3. The highest BCUT2D eigenvalue weighted by molar-refractivity contribution is 9.10. The van der Waals surface area contributed by atoms with Crippen LogP contribution in [-0.2, 0) is 19.1 Å². The Balaban J connectivity index is 2.88. The molecule has 6 nitrogen and oxygen atoms in total. The minimum Gasteiger partial charge on any atom is -0.467 e. The Labute approximate surface area is 125 Å². The summed E-state index contributed by atoms with van der Waals surface area (Å²) in [5, 5.41) is 2.55. The topological polar surface area (TPSA) is 90.6 Å². The van der Waals surface area contributed by atoms with Crippen LogP contribution in [0.5, 0.6) is 0 Å². The Morgan fingerprint density at radius 2 is 1.90 bits per heavy atom. The Bertz CT molecular complexity index is 464. The zero-order chi connectivity index (χ0) is 15.1. The predicted molar refractivity (Wildman–Crippen MR) is 76.9 cm³/mol. The molecule has 0 fully saturated rings. The van der Waals surface area contributed by atoms with Gasteiger partial charge in [0, 0.05) is 11.6 Å². The van der Waals surface area contributed by atoms with Crippen LogP contribution in [0.3, 0.4) is 0 Å². The van der Waals surface area contributed by atoms with Crippen LogP contribution in [0.15, 0.2) is 28.7 Å². The first kappa shape index (κ1) is 16.6. The van der Waals surface area contributed by atoms with Crippen LogP contribution in [0.1, 0.15) is 11.6 Å². The van der Waals surface area contributed by atoms with E-state index < -0.39 is 24.0 Å². The van der Waals surface area contributed by atoms with Crippen LogP contribution in [0, 0.1) is 0 Å². The molecule has 1 aromatic carbocycles. The average molecular weight is 345 g/mol. The molecule has 0 aliphatic heterocycles. The lowest BCUT2D eigenvalue weighted by Crippen LogP contribution is -2.46. The van der Waals surface area contributed by atoms with Crippen molar-refractivity contribution in [1.82, 2.24) is 5.32 Å². The van der Waals surface area contributed by atoms with Crippen LogP contribution in [0.2, 0.25) is 0 Å². The van der Waals surface area contributed by atoms with Crippen LogP contribution < -0.4 is 11.1 Å². The maximum atomic E-state index is 11.9. The van der Waals surface area contributed by atoms with Gasteiger partial charge in [-0.1, -0.05) is 28.1 Å². The fourth-order valence-electron chi connectivity index (χ4n) is 1.56. The van der Waals surface area contributed by atoms with Crippen molar-refractivity contribution in [3.05, 3.63) is 34.3 Å². The number of carbonyl (C=O) groups is 2. The van der Waals surface area contributed by atoms with Gasteiger partial charge in [-0.3, -0.25) is 4.79 Å². The second-order valence-corrected chi connectivity index (χ2v) is 4.99. The van der Waals surface area contributed by atoms with E-state index in [0.717, 1.165) is 4.47 Å². The first-order chi connectivity index (χ1) is 9.49. The number of hydrogen-bond donors (Lipinski definition) is 2. The lowest BCUT2D eigenvalue weighted by atomic mass is 10.1. The van der Waals surface area contributed by atoms with Gasteiger partial charge >= 0.3 is 5.97 Å². The summed E-state index contributed by atoms with van der Waals surface area (Å²) in [4.78, 5) is 23.7. The number of ether oxygens (including phenoxy) is 2. The van der Waals surface area contributed by atoms with Crippen molar-refractivity contribution in [1.29, 1.82) is 0 Å². The van der Waals surface area contributed by atoms with Gasteiger partial charge in [-0.2, -0.15) is 0 Å². The monoisotopic (exact) mass is 344 g/mol. The van der Waals surface area contributed by atoms with Gasteiger partial charge in [0.25, 0.3) is 0 Å². The van der Waals surface area contributed by atoms with E-state index >= 15 is 0 Å². The molecule has 0 spiro atoms. The van der Waals surface area contributed by atoms with Crippen molar-refractivity contribution in [3.8, 4) is 0 Å². The van der Waals surface area contributed by atoms with Crippen molar-refractivity contribution in [2.45, 2.75) is 12.1 Å². The van der Waals surface area contributed by atoms with Gasteiger partial charge in [-0.05, 0) is 17.7 Å². The number of hydrogen-bond acceptors (Lipinski definition) is 5. The van der Waals surface area contributed by atoms with Crippen LogP contribution in [-0.4, -0.2) is 38.7 Å². The predicted octanol–water partition coefficient (Wildman–Crippen LogP) is 0.753. The Kier molecular flexibility index (Phi) is 6.63. The molecule has 1 rings (SSSR count). The molecule has 0 radical (unpaired) electrons. The SMILES string of the molecule is COCC(N)C(=O)NC(C(=O)OC)c1ccc(Br)cc1. The highest BCUT2D eigenvalue weighted by Crippen LogP contribution is 2.18. The summed E-state index contributed by atoms with van der Waals surface area (Å²) in [6.45, 7) is 0.0695. The van der Waals surface area contributed by atoms with E-state index in [-0.39, 0.29) is 6.61 Å². The van der Waals surface area contributed by atoms with Gasteiger partial charge in [0.2, 0.25) is 5.91 Å². The van der Waals surface area contributed by atoms with E-state index in [4.69, 9.17) is 15.2 Å². The highest BCUT2D eigenvalue weighted by Gasteiger charge is 2.25. The molecule has 0 saturated heterocycles. The van der Waals surface area contributed by atoms with Gasteiger partial charge < -0.3 is 20.5 Å². The average Bonchev–Trinajstić information content (AvgIpc) is 2.45. The minimum absolute atomic E-state index is 0.0695. The normalized spacial score (nSPS) is 13.4. The summed E-state index contributed by atoms with van der Waals surface area (Å²) in [7, 11) is 2.70. The highest BCUT2D eigenvalue weighted by atomic mass is 79.9. The van der Waals surface area contributed by atoms with E-state index in [1.54, 1.807) is 24.3 Å². The number of carbonyl (C=O) groups excluding carboxylic acids is 2. The second-order valence-electron chi connectivity index (χ2n) is 4.08. The molecule has 20 heavy (non-hydrogen) atoms. The van der Waals surface area contributed by atoms with Crippen LogP contribution in [0.4, 0.5) is 0 Å². The third-order valence-corrected chi connectivity index (χ3v) is 3.14. The molecule has 0 aliphatic carbocycles. The molecular formula is C13H17BrN2O4. The quantitative estimate of drug-likeness (QED) is 0.743. The number of amides is 1. The fraction of sp³-hybridized carbons (Fsp3) is 0.385. The molecule has 110 valence electrons. The van der Waals surface area contributed by atoms with Crippen LogP contribution in [0.25, 0.3) is 0 Å². The minimum atomic E-state index is -0.900. The number of methoxy groups -OCH3 is 2. The first-order valence-electron chi connectivity index (χ1n) is 5.87. The number of halogens is 1. The number of esters is 1. The lowest BCUT2D eigenvalue weighted by molar-refractivity contribution is -0.145. The molecule has 0 heterocycles. The van der Waals surface area contributed by atoms with Crippen molar-refractivity contribution in [3.63, 3.8) is 0 Å².